The number of carbonyl (C=O) groups excluding carboxylic acids is 3. The molecule has 1 unspecified atom stereocenters. The predicted octanol–water partition coefficient (Wildman–Crippen LogP) is 24.8. The van der Waals surface area contributed by atoms with E-state index in [2.05, 4.69) is 118 Å². The van der Waals surface area contributed by atoms with Crippen LogP contribution < -0.4 is 0 Å². The molecule has 0 aromatic heterocycles. The number of hydrogen-bond acceptors (Lipinski definition) is 6. The Balaban J connectivity index is 4.15. The first-order chi connectivity index (χ1) is 41.0. The van der Waals surface area contributed by atoms with Crippen LogP contribution in [0.3, 0.4) is 0 Å². The lowest BCUT2D eigenvalue weighted by Crippen LogP contribution is -2.30. The van der Waals surface area contributed by atoms with Gasteiger partial charge in [-0.25, -0.2) is 0 Å². The van der Waals surface area contributed by atoms with Gasteiger partial charge in [0.25, 0.3) is 0 Å². The summed E-state index contributed by atoms with van der Waals surface area (Å²) in [6.45, 7) is 6.51. The molecule has 83 heavy (non-hydrogen) atoms. The lowest BCUT2D eigenvalue weighted by Gasteiger charge is -2.18. The molecule has 0 amide bonds. The van der Waals surface area contributed by atoms with Gasteiger partial charge in [0, 0.05) is 19.3 Å². The Hall–Kier alpha value is -3.67. The third-order valence-electron chi connectivity index (χ3n) is 15.5. The van der Waals surface area contributed by atoms with Crippen molar-refractivity contribution in [3.8, 4) is 0 Å². The first-order valence-corrected chi connectivity index (χ1v) is 35.7. The van der Waals surface area contributed by atoms with E-state index in [0.717, 1.165) is 122 Å². The summed E-state index contributed by atoms with van der Waals surface area (Å²) in [6.07, 6.45) is 95.9. The third-order valence-corrected chi connectivity index (χ3v) is 15.5. The maximum atomic E-state index is 12.9. The van der Waals surface area contributed by atoms with Crippen LogP contribution in [0.15, 0.2) is 97.2 Å². The smallest absolute Gasteiger partial charge is 0.306 e. The molecular weight excluding hydrogens is 1020 g/mol. The summed E-state index contributed by atoms with van der Waals surface area (Å²) < 4.78 is 16.9. The van der Waals surface area contributed by atoms with Crippen LogP contribution in [0, 0.1) is 0 Å². The quantitative estimate of drug-likeness (QED) is 0.0261. The van der Waals surface area contributed by atoms with Gasteiger partial charge in [-0.05, 0) is 122 Å². The third kappa shape index (κ3) is 69.0. The first kappa shape index (κ1) is 79.3. The molecule has 0 N–H and O–H groups in total. The summed E-state index contributed by atoms with van der Waals surface area (Å²) in [4.78, 5) is 38.4. The number of rotatable bonds is 65. The van der Waals surface area contributed by atoms with Gasteiger partial charge in [-0.3, -0.25) is 14.4 Å². The molecule has 0 spiro atoms. The number of esters is 3. The van der Waals surface area contributed by atoms with E-state index in [0.29, 0.717) is 19.3 Å². The van der Waals surface area contributed by atoms with E-state index in [1.165, 1.54) is 193 Å². The summed E-state index contributed by atoms with van der Waals surface area (Å²) in [5, 5.41) is 0. The minimum absolute atomic E-state index is 0.0816. The highest BCUT2D eigenvalue weighted by molar-refractivity contribution is 5.71. The van der Waals surface area contributed by atoms with Crippen LogP contribution in [0.2, 0.25) is 0 Å². The van der Waals surface area contributed by atoms with Crippen LogP contribution in [0.4, 0.5) is 0 Å². The Labute approximate surface area is 515 Å². The van der Waals surface area contributed by atoms with Gasteiger partial charge in [-0.2, -0.15) is 0 Å². The molecule has 0 saturated heterocycles. The van der Waals surface area contributed by atoms with Crippen molar-refractivity contribution in [2.45, 2.75) is 361 Å². The molecule has 6 nitrogen and oxygen atoms in total. The lowest BCUT2D eigenvalue weighted by atomic mass is 10.0. The predicted molar refractivity (Wildman–Crippen MR) is 362 cm³/mol. The minimum Gasteiger partial charge on any atom is -0.462 e. The largest absolute Gasteiger partial charge is 0.462 e. The second-order valence-electron chi connectivity index (χ2n) is 23.8. The second kappa shape index (κ2) is 70.8. The van der Waals surface area contributed by atoms with Gasteiger partial charge in [0.05, 0.1) is 0 Å². The van der Waals surface area contributed by atoms with Crippen molar-refractivity contribution < 1.29 is 28.6 Å². The highest BCUT2D eigenvalue weighted by Gasteiger charge is 2.19. The van der Waals surface area contributed by atoms with Crippen LogP contribution in [0.5, 0.6) is 0 Å². The van der Waals surface area contributed by atoms with Crippen LogP contribution >= 0.6 is 0 Å². The van der Waals surface area contributed by atoms with Gasteiger partial charge in [-0.1, -0.05) is 311 Å². The highest BCUT2D eigenvalue weighted by Crippen LogP contribution is 2.17. The van der Waals surface area contributed by atoms with Crippen LogP contribution in [0.25, 0.3) is 0 Å². The van der Waals surface area contributed by atoms with Gasteiger partial charge < -0.3 is 14.2 Å². The van der Waals surface area contributed by atoms with E-state index in [4.69, 9.17) is 14.2 Å². The maximum absolute atomic E-state index is 12.9. The van der Waals surface area contributed by atoms with Crippen LogP contribution in [-0.2, 0) is 28.6 Å². The molecule has 0 aliphatic heterocycles. The van der Waals surface area contributed by atoms with E-state index >= 15 is 0 Å². The molecule has 1 atom stereocenters. The van der Waals surface area contributed by atoms with Crippen molar-refractivity contribution in [2.75, 3.05) is 13.2 Å². The fourth-order valence-electron chi connectivity index (χ4n) is 10.2. The van der Waals surface area contributed by atoms with E-state index in [1.54, 1.807) is 0 Å². The molecule has 478 valence electrons. The average Bonchev–Trinajstić information content (AvgIpc) is 3.49. The number of allylic oxidation sites excluding steroid dienone is 16. The molecule has 0 fully saturated rings. The summed E-state index contributed by atoms with van der Waals surface area (Å²) >= 11 is 0. The molecule has 0 saturated carbocycles. The van der Waals surface area contributed by atoms with E-state index in [1.807, 2.05) is 0 Å². The fourth-order valence-corrected chi connectivity index (χ4v) is 10.2. The lowest BCUT2D eigenvalue weighted by molar-refractivity contribution is -0.167. The Morgan fingerprint density at radius 2 is 0.470 bits per heavy atom. The zero-order chi connectivity index (χ0) is 59.9. The summed E-state index contributed by atoms with van der Waals surface area (Å²) in [7, 11) is 0. The highest BCUT2D eigenvalue weighted by atomic mass is 16.6. The molecule has 0 rings (SSSR count). The molecule has 0 heterocycles. The van der Waals surface area contributed by atoms with Gasteiger partial charge >= 0.3 is 17.9 Å². The molecule has 0 aliphatic rings. The topological polar surface area (TPSA) is 78.9 Å². The molecule has 0 aromatic rings. The number of unbranched alkanes of at least 4 members (excludes halogenated alkanes) is 38. The molecular formula is C77H134O6. The van der Waals surface area contributed by atoms with Crippen LogP contribution in [-0.4, -0.2) is 37.2 Å². The Morgan fingerprint density at radius 1 is 0.253 bits per heavy atom. The van der Waals surface area contributed by atoms with Crippen LogP contribution in [0.1, 0.15) is 355 Å². The van der Waals surface area contributed by atoms with Gasteiger partial charge in [0.2, 0.25) is 0 Å². The fraction of sp³-hybridized carbons (Fsp3) is 0.753. The van der Waals surface area contributed by atoms with Crippen molar-refractivity contribution in [1.82, 2.24) is 0 Å². The second-order valence-corrected chi connectivity index (χ2v) is 23.8. The van der Waals surface area contributed by atoms with Crippen molar-refractivity contribution >= 4 is 17.9 Å². The van der Waals surface area contributed by atoms with E-state index in [9.17, 15) is 14.4 Å². The number of hydrogen-bond donors (Lipinski definition) is 0. The van der Waals surface area contributed by atoms with Crippen molar-refractivity contribution in [2.24, 2.45) is 0 Å². The summed E-state index contributed by atoms with van der Waals surface area (Å²) in [6, 6.07) is 0. The average molecular weight is 1160 g/mol. The Morgan fingerprint density at radius 3 is 0.771 bits per heavy atom. The standard InChI is InChI=1S/C77H134O6/c1-4-7-10-13-16-19-22-25-28-29-30-31-32-33-34-35-36-37-38-39-40-41-42-43-44-45-46-47-50-52-55-58-61-64-67-70-76(79)82-73-74(83-77(80)71-68-65-62-59-56-53-49-27-24-21-18-15-12-9-6-3)72-81-75(78)69-66-63-60-57-54-51-48-26-23-20-17-14-11-8-5-2/h7,10,16,18-19,21,25-28,30-31,33-34,48-49,74H,4-6,8-9,11-15,17,20,22-24,29,32,35-47,50-73H2,1-3H3/b10-7-,19-16-,21-18-,28-25-,31-30-,34-33-,48-26-,49-27-. The molecule has 0 radical (unpaired) electrons. The maximum Gasteiger partial charge on any atom is 0.306 e. The van der Waals surface area contributed by atoms with Gasteiger partial charge in [-0.15, -0.1) is 0 Å². The minimum atomic E-state index is -0.787. The Kier molecular flexibility index (Phi) is 67.7. The number of carbonyl (C=O) groups is 3. The normalized spacial score (nSPS) is 12.7. The Bertz CT molecular complexity index is 1610. The molecule has 0 aliphatic carbocycles. The zero-order valence-corrected chi connectivity index (χ0v) is 54.9. The molecule has 0 aromatic carbocycles. The van der Waals surface area contributed by atoms with Gasteiger partial charge in [0.1, 0.15) is 13.2 Å². The summed E-state index contributed by atoms with van der Waals surface area (Å²) in [5.41, 5.74) is 0. The SMILES string of the molecule is CC/C=C\C/C=C\C/C=C\C/C=C\C/C=C\CCCCCCCCCCCCCCCCCCCCCC(=O)OCC(COC(=O)CCCCCCC/C=C\CCCCCCCC)OC(=O)CCCCCCC/C=C\C/C=C\CCCCC. The summed E-state index contributed by atoms with van der Waals surface area (Å²) in [5.74, 6) is -0.887. The first-order valence-electron chi connectivity index (χ1n) is 35.7. The monoisotopic (exact) mass is 1160 g/mol. The van der Waals surface area contributed by atoms with Gasteiger partial charge in [0.15, 0.2) is 6.10 Å². The van der Waals surface area contributed by atoms with E-state index in [-0.39, 0.29) is 31.1 Å². The molecule has 0 bridgehead atoms. The van der Waals surface area contributed by atoms with Crippen molar-refractivity contribution in [1.29, 1.82) is 0 Å². The van der Waals surface area contributed by atoms with Crippen molar-refractivity contribution in [3.63, 3.8) is 0 Å². The number of ether oxygens (including phenoxy) is 3. The van der Waals surface area contributed by atoms with E-state index < -0.39 is 6.10 Å². The van der Waals surface area contributed by atoms with Crippen molar-refractivity contribution in [3.05, 3.63) is 97.2 Å². The zero-order valence-electron chi connectivity index (χ0n) is 54.9. The molecule has 6 heteroatoms.